The number of aliphatic hydroxyl groups is 1. The minimum atomic E-state index is -0.375. The molecule has 0 saturated carbocycles. The molecule has 4 N–H and O–H groups in total. The van der Waals surface area contributed by atoms with Crippen LogP contribution < -0.4 is 11.1 Å². The number of amides is 1. The number of aliphatic hydroxyl groups excluding tert-OH is 1. The van der Waals surface area contributed by atoms with Crippen LogP contribution in [0.15, 0.2) is 0 Å². The molecule has 0 aromatic heterocycles. The number of carbonyl (C=O) groups is 1. The van der Waals surface area contributed by atoms with Gasteiger partial charge in [-0.15, -0.1) is 0 Å². The molecule has 2 rings (SSSR count). The van der Waals surface area contributed by atoms with Crippen LogP contribution in [0, 0.1) is 0 Å². The van der Waals surface area contributed by atoms with Crippen LogP contribution in [0.4, 0.5) is 0 Å². The van der Waals surface area contributed by atoms with Crippen molar-refractivity contribution < 1.29 is 9.90 Å². The second-order valence-corrected chi connectivity index (χ2v) is 4.18. The molecule has 2 aliphatic heterocycles. The van der Waals surface area contributed by atoms with Crippen LogP contribution in [0.25, 0.3) is 0 Å². The van der Waals surface area contributed by atoms with Crippen molar-refractivity contribution in [2.75, 3.05) is 19.6 Å². The van der Waals surface area contributed by atoms with Gasteiger partial charge in [0.25, 0.3) is 0 Å². The summed E-state index contributed by atoms with van der Waals surface area (Å²) in [7, 11) is 0. The molecule has 5 nitrogen and oxygen atoms in total. The van der Waals surface area contributed by atoms with Gasteiger partial charge in [0, 0.05) is 25.7 Å². The smallest absolute Gasteiger partial charge is 0.239 e. The van der Waals surface area contributed by atoms with Crippen molar-refractivity contribution in [3.8, 4) is 0 Å². The van der Waals surface area contributed by atoms with Gasteiger partial charge in [-0.25, -0.2) is 0 Å². The average molecular weight is 199 g/mol. The molecule has 80 valence electrons. The fourth-order valence-electron chi connectivity index (χ4n) is 2.11. The van der Waals surface area contributed by atoms with E-state index in [9.17, 15) is 9.90 Å². The minimum Gasteiger partial charge on any atom is -0.392 e. The lowest BCUT2D eigenvalue weighted by molar-refractivity contribution is -0.132. The average Bonchev–Trinajstić information content (AvgIpc) is 2.73. The largest absolute Gasteiger partial charge is 0.392 e. The number of hydrogen-bond donors (Lipinski definition) is 3. The number of β-amino-alcohol motifs (C(OH)–C–C–N with tert-alkyl or cyclic N) is 1. The first-order valence-corrected chi connectivity index (χ1v) is 5.12. The predicted octanol–water partition coefficient (Wildman–Crippen LogP) is -1.73. The second-order valence-electron chi connectivity index (χ2n) is 4.18. The van der Waals surface area contributed by atoms with Crippen LogP contribution in [0.3, 0.4) is 0 Å². The summed E-state index contributed by atoms with van der Waals surface area (Å²) in [5.41, 5.74) is 5.73. The van der Waals surface area contributed by atoms with E-state index in [2.05, 4.69) is 5.32 Å². The molecule has 0 aliphatic carbocycles. The maximum Gasteiger partial charge on any atom is 0.239 e. The highest BCUT2D eigenvalue weighted by atomic mass is 16.3. The lowest BCUT2D eigenvalue weighted by atomic mass is 10.2. The van der Waals surface area contributed by atoms with Crippen LogP contribution in [-0.4, -0.2) is 53.7 Å². The Morgan fingerprint density at radius 1 is 1.57 bits per heavy atom. The van der Waals surface area contributed by atoms with Gasteiger partial charge < -0.3 is 21.1 Å². The first kappa shape index (κ1) is 9.89. The molecule has 1 amide bonds. The van der Waals surface area contributed by atoms with E-state index >= 15 is 0 Å². The normalized spacial score (nSPS) is 37.9. The molecule has 2 heterocycles. The number of nitrogens with two attached hydrogens (primary N) is 1. The maximum absolute atomic E-state index is 11.8. The van der Waals surface area contributed by atoms with Crippen LogP contribution in [0.5, 0.6) is 0 Å². The summed E-state index contributed by atoms with van der Waals surface area (Å²) in [5.74, 6) is 0.0921. The summed E-state index contributed by atoms with van der Waals surface area (Å²) in [6.45, 7) is 1.94. The number of likely N-dealkylation sites (tertiary alicyclic amines) is 1. The Kier molecular flexibility index (Phi) is 2.71. The van der Waals surface area contributed by atoms with Crippen molar-refractivity contribution in [1.82, 2.24) is 10.2 Å². The van der Waals surface area contributed by atoms with E-state index in [4.69, 9.17) is 5.73 Å². The van der Waals surface area contributed by atoms with Gasteiger partial charge in [0.15, 0.2) is 0 Å². The standard InChI is InChI=1S/C9H17N3O2/c10-6-1-2-12(5-6)9(14)8-3-7(13)4-11-8/h6-8,11,13H,1-5,10H2/t6-,7+,8-/m1/s1. The third kappa shape index (κ3) is 1.89. The predicted molar refractivity (Wildman–Crippen MR) is 51.6 cm³/mol. The summed E-state index contributed by atoms with van der Waals surface area (Å²) < 4.78 is 0. The molecular formula is C9H17N3O2. The van der Waals surface area contributed by atoms with E-state index in [1.165, 1.54) is 0 Å². The zero-order valence-corrected chi connectivity index (χ0v) is 8.15. The molecule has 5 heteroatoms. The third-order valence-corrected chi connectivity index (χ3v) is 2.94. The molecule has 2 fully saturated rings. The van der Waals surface area contributed by atoms with Crippen LogP contribution >= 0.6 is 0 Å². The first-order chi connectivity index (χ1) is 6.66. The van der Waals surface area contributed by atoms with E-state index < -0.39 is 0 Å². The van der Waals surface area contributed by atoms with Crippen LogP contribution in [0.2, 0.25) is 0 Å². The Hall–Kier alpha value is -0.650. The fraction of sp³-hybridized carbons (Fsp3) is 0.889. The first-order valence-electron chi connectivity index (χ1n) is 5.12. The number of nitrogens with zero attached hydrogens (tertiary/aromatic N) is 1. The molecule has 0 spiro atoms. The van der Waals surface area contributed by atoms with Gasteiger partial charge in [-0.05, 0) is 12.8 Å². The van der Waals surface area contributed by atoms with Crippen molar-refractivity contribution in [1.29, 1.82) is 0 Å². The highest BCUT2D eigenvalue weighted by molar-refractivity contribution is 5.82. The second kappa shape index (κ2) is 3.84. The van der Waals surface area contributed by atoms with Gasteiger partial charge in [0.05, 0.1) is 12.1 Å². The molecule has 0 radical (unpaired) electrons. The maximum atomic E-state index is 11.8. The SMILES string of the molecule is N[C@@H]1CCN(C(=O)[C@H]2C[C@H](O)CN2)C1. The highest BCUT2D eigenvalue weighted by Crippen LogP contribution is 2.13. The number of carbonyl (C=O) groups excluding carboxylic acids is 1. The lowest BCUT2D eigenvalue weighted by Crippen LogP contribution is -2.43. The zero-order valence-electron chi connectivity index (χ0n) is 8.15. The fourth-order valence-corrected chi connectivity index (χ4v) is 2.11. The molecule has 3 atom stereocenters. The summed E-state index contributed by atoms with van der Waals surface area (Å²) in [6.07, 6.45) is 1.05. The van der Waals surface area contributed by atoms with Gasteiger partial charge in [-0.3, -0.25) is 4.79 Å². The molecule has 0 aromatic rings. The van der Waals surface area contributed by atoms with E-state index in [0.717, 1.165) is 13.0 Å². The Balaban J connectivity index is 1.89. The van der Waals surface area contributed by atoms with E-state index in [0.29, 0.717) is 19.5 Å². The molecular weight excluding hydrogens is 182 g/mol. The Bertz CT molecular complexity index is 212. The highest BCUT2D eigenvalue weighted by Gasteiger charge is 2.33. The summed E-state index contributed by atoms with van der Waals surface area (Å²) in [5, 5.41) is 12.3. The molecule has 0 unspecified atom stereocenters. The van der Waals surface area contributed by atoms with Gasteiger partial charge in [-0.2, -0.15) is 0 Å². The van der Waals surface area contributed by atoms with Gasteiger partial charge in [0.2, 0.25) is 5.91 Å². The summed E-state index contributed by atoms with van der Waals surface area (Å²) in [4.78, 5) is 13.6. The van der Waals surface area contributed by atoms with E-state index in [1.807, 2.05) is 0 Å². The lowest BCUT2D eigenvalue weighted by Gasteiger charge is -2.19. The van der Waals surface area contributed by atoms with E-state index in [-0.39, 0.29) is 24.1 Å². The number of hydrogen-bond acceptors (Lipinski definition) is 4. The van der Waals surface area contributed by atoms with Gasteiger partial charge >= 0.3 is 0 Å². The number of nitrogens with one attached hydrogen (secondary N) is 1. The topological polar surface area (TPSA) is 78.6 Å². The molecule has 0 bridgehead atoms. The monoisotopic (exact) mass is 199 g/mol. The van der Waals surface area contributed by atoms with Crippen molar-refractivity contribution in [2.45, 2.75) is 31.0 Å². The van der Waals surface area contributed by atoms with Crippen LogP contribution in [-0.2, 0) is 4.79 Å². The Morgan fingerprint density at radius 2 is 2.36 bits per heavy atom. The van der Waals surface area contributed by atoms with Crippen molar-refractivity contribution in [3.05, 3.63) is 0 Å². The van der Waals surface area contributed by atoms with Crippen molar-refractivity contribution in [2.24, 2.45) is 5.73 Å². The summed E-state index contributed by atoms with van der Waals surface area (Å²) >= 11 is 0. The summed E-state index contributed by atoms with van der Waals surface area (Å²) in [6, 6.07) is -0.0689. The van der Waals surface area contributed by atoms with E-state index in [1.54, 1.807) is 4.90 Å². The van der Waals surface area contributed by atoms with Crippen molar-refractivity contribution >= 4 is 5.91 Å². The Morgan fingerprint density at radius 3 is 2.86 bits per heavy atom. The molecule has 14 heavy (non-hydrogen) atoms. The molecule has 2 aliphatic rings. The number of rotatable bonds is 1. The quantitative estimate of drug-likeness (QED) is 0.469. The molecule has 0 aromatic carbocycles. The van der Waals surface area contributed by atoms with Crippen LogP contribution in [0.1, 0.15) is 12.8 Å². The Labute approximate surface area is 83.3 Å². The zero-order chi connectivity index (χ0) is 10.1. The third-order valence-electron chi connectivity index (χ3n) is 2.94. The van der Waals surface area contributed by atoms with Gasteiger partial charge in [-0.1, -0.05) is 0 Å². The van der Waals surface area contributed by atoms with Crippen molar-refractivity contribution in [3.63, 3.8) is 0 Å². The molecule has 2 saturated heterocycles. The van der Waals surface area contributed by atoms with Gasteiger partial charge in [0.1, 0.15) is 0 Å². The minimum absolute atomic E-state index is 0.0921.